The van der Waals surface area contributed by atoms with Gasteiger partial charge in [-0.15, -0.1) is 8.78 Å². The number of anilines is 1. The molecule has 2 aliphatic rings. The summed E-state index contributed by atoms with van der Waals surface area (Å²) in [5.41, 5.74) is 1.54. The topological polar surface area (TPSA) is 65.4 Å². The minimum atomic E-state index is -3.65. The van der Waals surface area contributed by atoms with Crippen molar-refractivity contribution in [1.29, 1.82) is 0 Å². The number of rotatable bonds is 1. The highest BCUT2D eigenvalue weighted by atomic mass is 19.3. The third-order valence-corrected chi connectivity index (χ3v) is 3.82. The van der Waals surface area contributed by atoms with Crippen LogP contribution in [0.4, 0.5) is 14.6 Å². The summed E-state index contributed by atoms with van der Waals surface area (Å²) < 4.78 is 36.6. The molecule has 1 aromatic carbocycles. The third-order valence-electron chi connectivity index (χ3n) is 3.82. The molecule has 1 unspecified atom stereocenters. The average molecular weight is 307 g/mol. The van der Waals surface area contributed by atoms with Crippen molar-refractivity contribution in [3.05, 3.63) is 35.5 Å². The Morgan fingerprint density at radius 2 is 2.14 bits per heavy atom. The molecule has 2 aliphatic heterocycles. The summed E-state index contributed by atoms with van der Waals surface area (Å²) in [7, 11) is 1.72. The second-order valence-corrected chi connectivity index (χ2v) is 5.25. The number of nitrogens with one attached hydrogen (secondary N) is 1. The molecular weight excluding hydrogens is 296 g/mol. The van der Waals surface area contributed by atoms with Crippen molar-refractivity contribution in [3.63, 3.8) is 0 Å². The van der Waals surface area contributed by atoms with Crippen LogP contribution >= 0.6 is 0 Å². The zero-order valence-electron chi connectivity index (χ0n) is 11.5. The van der Waals surface area contributed by atoms with Gasteiger partial charge in [0.05, 0.1) is 6.20 Å². The Morgan fingerprint density at radius 3 is 2.95 bits per heavy atom. The number of hydrogen-bond donors (Lipinski definition) is 1. The van der Waals surface area contributed by atoms with Crippen LogP contribution in [0.3, 0.4) is 0 Å². The van der Waals surface area contributed by atoms with Crippen LogP contribution in [0.1, 0.15) is 23.5 Å². The maximum atomic E-state index is 13.1. The van der Waals surface area contributed by atoms with Gasteiger partial charge in [-0.3, -0.25) is 9.48 Å². The Labute approximate surface area is 123 Å². The van der Waals surface area contributed by atoms with Crippen LogP contribution in [-0.2, 0) is 11.8 Å². The number of amides is 1. The highest BCUT2D eigenvalue weighted by Crippen LogP contribution is 2.44. The van der Waals surface area contributed by atoms with E-state index < -0.39 is 6.29 Å². The number of fused-ring (bicyclic) bond motifs is 2. The molecular formula is C14H11F2N3O3. The predicted molar refractivity (Wildman–Crippen MR) is 70.9 cm³/mol. The molecule has 0 saturated carbocycles. The number of hydrogen-bond acceptors (Lipinski definition) is 4. The summed E-state index contributed by atoms with van der Waals surface area (Å²) in [5, 5.41) is 6.89. The summed E-state index contributed by atoms with van der Waals surface area (Å²) in [4.78, 5) is 11.9. The highest BCUT2D eigenvalue weighted by molar-refractivity contribution is 5.94. The van der Waals surface area contributed by atoms with Gasteiger partial charge in [0.1, 0.15) is 5.82 Å². The average Bonchev–Trinajstić information content (AvgIpc) is 2.96. The standard InChI is InChI=1S/C14H11F2N3O3/c1-19-13-9(6-17-19)8(5-12(20)18-13)7-2-3-10-11(4-7)22-14(15,16)21-10/h2-4,6,8H,5H2,1H3,(H,18,20). The molecule has 22 heavy (non-hydrogen) atoms. The molecule has 1 atom stereocenters. The van der Waals surface area contributed by atoms with Crippen LogP contribution in [0.25, 0.3) is 0 Å². The first kappa shape index (κ1) is 13.1. The van der Waals surface area contributed by atoms with Crippen LogP contribution in [0, 0.1) is 0 Å². The van der Waals surface area contributed by atoms with Gasteiger partial charge in [0, 0.05) is 24.9 Å². The van der Waals surface area contributed by atoms with E-state index in [0.717, 1.165) is 5.56 Å². The quantitative estimate of drug-likeness (QED) is 0.877. The number of carbonyl (C=O) groups is 1. The van der Waals surface area contributed by atoms with Crippen molar-refractivity contribution < 1.29 is 23.0 Å². The van der Waals surface area contributed by atoms with Gasteiger partial charge < -0.3 is 14.8 Å². The van der Waals surface area contributed by atoms with Crippen molar-refractivity contribution in [2.24, 2.45) is 7.05 Å². The molecule has 1 N–H and O–H groups in total. The number of carbonyl (C=O) groups excluding carboxylic acids is 1. The maximum absolute atomic E-state index is 13.1. The van der Waals surface area contributed by atoms with Gasteiger partial charge in [0.2, 0.25) is 5.91 Å². The normalized spacial score (nSPS) is 21.4. The molecule has 1 aromatic heterocycles. The molecule has 0 spiro atoms. The zero-order valence-corrected chi connectivity index (χ0v) is 11.5. The first-order chi connectivity index (χ1) is 10.4. The van der Waals surface area contributed by atoms with Gasteiger partial charge in [0.25, 0.3) is 0 Å². The van der Waals surface area contributed by atoms with Crippen LogP contribution in [0.5, 0.6) is 11.5 Å². The fraction of sp³-hybridized carbons (Fsp3) is 0.286. The minimum absolute atomic E-state index is 0.0135. The smallest absolute Gasteiger partial charge is 0.395 e. The zero-order chi connectivity index (χ0) is 15.5. The number of benzene rings is 1. The molecule has 114 valence electrons. The predicted octanol–water partition coefficient (Wildman–Crippen LogP) is 2.22. The Kier molecular flexibility index (Phi) is 2.48. The lowest BCUT2D eigenvalue weighted by molar-refractivity contribution is -0.286. The second-order valence-electron chi connectivity index (χ2n) is 5.25. The molecule has 2 aromatic rings. The Morgan fingerprint density at radius 1 is 1.36 bits per heavy atom. The summed E-state index contributed by atoms with van der Waals surface area (Å²) in [5.74, 6) is 0.160. The summed E-state index contributed by atoms with van der Waals surface area (Å²) in [6, 6.07) is 4.56. The van der Waals surface area contributed by atoms with Gasteiger partial charge in [-0.05, 0) is 17.7 Å². The van der Waals surface area contributed by atoms with Crippen LogP contribution < -0.4 is 14.8 Å². The minimum Gasteiger partial charge on any atom is -0.395 e. The monoisotopic (exact) mass is 307 g/mol. The molecule has 3 heterocycles. The Balaban J connectivity index is 1.76. The Bertz CT molecular complexity index is 788. The van der Waals surface area contributed by atoms with E-state index in [1.807, 2.05) is 0 Å². The van der Waals surface area contributed by atoms with Gasteiger partial charge in [0.15, 0.2) is 11.5 Å². The highest BCUT2D eigenvalue weighted by Gasteiger charge is 2.43. The fourth-order valence-electron chi connectivity index (χ4n) is 2.82. The summed E-state index contributed by atoms with van der Waals surface area (Å²) in [6.45, 7) is 0. The first-order valence-corrected chi connectivity index (χ1v) is 6.64. The SMILES string of the molecule is Cn1ncc2c1NC(=O)CC2c1ccc2c(c1)OC(F)(F)O2. The fourth-order valence-corrected chi connectivity index (χ4v) is 2.82. The lowest BCUT2D eigenvalue weighted by Gasteiger charge is -2.23. The van der Waals surface area contributed by atoms with Crippen LogP contribution in [0.15, 0.2) is 24.4 Å². The van der Waals surface area contributed by atoms with Gasteiger partial charge >= 0.3 is 6.29 Å². The van der Waals surface area contributed by atoms with E-state index >= 15 is 0 Å². The maximum Gasteiger partial charge on any atom is 0.586 e. The van der Waals surface area contributed by atoms with Crippen molar-refractivity contribution in [1.82, 2.24) is 9.78 Å². The number of halogens is 2. The Hall–Kier alpha value is -2.64. The van der Waals surface area contributed by atoms with E-state index in [1.54, 1.807) is 24.0 Å². The van der Waals surface area contributed by atoms with Crippen molar-refractivity contribution in [2.45, 2.75) is 18.6 Å². The van der Waals surface area contributed by atoms with E-state index in [9.17, 15) is 13.6 Å². The van der Waals surface area contributed by atoms with Crippen LogP contribution in [0.2, 0.25) is 0 Å². The third kappa shape index (κ3) is 1.91. The number of aromatic nitrogens is 2. The van der Waals surface area contributed by atoms with E-state index in [2.05, 4.69) is 19.9 Å². The van der Waals surface area contributed by atoms with E-state index in [-0.39, 0.29) is 29.7 Å². The van der Waals surface area contributed by atoms with Crippen LogP contribution in [-0.4, -0.2) is 22.0 Å². The van der Waals surface area contributed by atoms with Crippen molar-refractivity contribution >= 4 is 11.7 Å². The number of alkyl halides is 2. The molecule has 0 fully saturated rings. The molecule has 1 amide bonds. The second kappa shape index (κ2) is 4.19. The molecule has 0 saturated heterocycles. The first-order valence-electron chi connectivity index (χ1n) is 6.64. The molecule has 6 nitrogen and oxygen atoms in total. The van der Waals surface area contributed by atoms with Crippen molar-refractivity contribution in [3.8, 4) is 11.5 Å². The van der Waals surface area contributed by atoms with E-state index in [4.69, 9.17) is 0 Å². The van der Waals surface area contributed by atoms with Gasteiger partial charge in [-0.1, -0.05) is 6.07 Å². The lowest BCUT2D eigenvalue weighted by atomic mass is 9.87. The van der Waals surface area contributed by atoms with Gasteiger partial charge in [-0.2, -0.15) is 5.10 Å². The number of nitrogens with zero attached hydrogens (tertiary/aromatic N) is 2. The number of aryl methyl sites for hydroxylation is 1. The summed E-state index contributed by atoms with van der Waals surface area (Å²) in [6.07, 6.45) is -1.77. The van der Waals surface area contributed by atoms with Gasteiger partial charge in [-0.25, -0.2) is 0 Å². The molecule has 0 aliphatic carbocycles. The van der Waals surface area contributed by atoms with E-state index in [1.165, 1.54) is 12.1 Å². The number of ether oxygens (including phenoxy) is 2. The molecule has 0 bridgehead atoms. The molecule has 8 heteroatoms. The largest absolute Gasteiger partial charge is 0.586 e. The molecule has 4 rings (SSSR count). The summed E-state index contributed by atoms with van der Waals surface area (Å²) >= 11 is 0. The van der Waals surface area contributed by atoms with Crippen molar-refractivity contribution in [2.75, 3.05) is 5.32 Å². The van der Waals surface area contributed by atoms with E-state index in [0.29, 0.717) is 11.4 Å². The molecule has 0 radical (unpaired) electrons. The lowest BCUT2D eigenvalue weighted by Crippen LogP contribution is -2.26.